The molecule has 1 aliphatic heterocycles. The molecule has 0 spiro atoms. The number of alkyl halides is 2. The second-order valence-corrected chi connectivity index (χ2v) is 5.69. The number of hydrogen-bond donors (Lipinski definition) is 1. The number of piperidine rings is 1. The Hall–Kier alpha value is -1.56. The minimum absolute atomic E-state index is 0.108. The molecule has 21 heavy (non-hydrogen) atoms. The van der Waals surface area contributed by atoms with Gasteiger partial charge >= 0.3 is 5.92 Å². The van der Waals surface area contributed by atoms with Gasteiger partial charge < -0.3 is 10.2 Å². The van der Waals surface area contributed by atoms with Gasteiger partial charge in [-0.1, -0.05) is 6.92 Å². The van der Waals surface area contributed by atoms with Crippen LogP contribution in [-0.4, -0.2) is 37.0 Å². The van der Waals surface area contributed by atoms with Crippen LogP contribution in [-0.2, 0) is 10.7 Å². The summed E-state index contributed by atoms with van der Waals surface area (Å²) in [5.74, 6) is -5.48. The predicted molar refractivity (Wildman–Crippen MR) is 73.5 cm³/mol. The van der Waals surface area contributed by atoms with Crippen molar-refractivity contribution < 1.29 is 18.0 Å². The molecule has 6 heteroatoms. The molecule has 0 radical (unpaired) electrons. The van der Waals surface area contributed by atoms with Crippen LogP contribution in [0.5, 0.6) is 0 Å². The Morgan fingerprint density at radius 3 is 2.52 bits per heavy atom. The van der Waals surface area contributed by atoms with Gasteiger partial charge in [0.2, 0.25) is 0 Å². The number of hydrogen-bond acceptors (Lipinski definition) is 2. The van der Waals surface area contributed by atoms with E-state index in [1.807, 2.05) is 14.0 Å². The van der Waals surface area contributed by atoms with Crippen LogP contribution in [0.1, 0.15) is 18.9 Å². The van der Waals surface area contributed by atoms with Crippen LogP contribution >= 0.6 is 0 Å². The molecule has 2 rings (SSSR count). The van der Waals surface area contributed by atoms with Crippen LogP contribution in [0.25, 0.3) is 0 Å². The van der Waals surface area contributed by atoms with E-state index in [1.54, 1.807) is 0 Å². The highest BCUT2D eigenvalue weighted by molar-refractivity contribution is 5.85. The SMILES string of the molecule is C[C@@H]1CN(C)CC[C@@H]1NC(=O)C(F)(F)c1ccc(F)cc1. The molecule has 0 saturated carbocycles. The van der Waals surface area contributed by atoms with Crippen LogP contribution in [0.4, 0.5) is 13.2 Å². The van der Waals surface area contributed by atoms with Crippen molar-refractivity contribution in [3.8, 4) is 0 Å². The molecule has 0 aromatic heterocycles. The van der Waals surface area contributed by atoms with Crippen molar-refractivity contribution in [3.63, 3.8) is 0 Å². The number of carbonyl (C=O) groups is 1. The minimum atomic E-state index is -3.66. The molecule has 1 aromatic rings. The van der Waals surface area contributed by atoms with Gasteiger partial charge in [0.05, 0.1) is 0 Å². The van der Waals surface area contributed by atoms with Crippen LogP contribution in [0.2, 0.25) is 0 Å². The smallest absolute Gasteiger partial charge is 0.347 e. The Balaban J connectivity index is 2.06. The van der Waals surface area contributed by atoms with E-state index in [4.69, 9.17) is 0 Å². The Labute approximate surface area is 122 Å². The largest absolute Gasteiger partial charge is 0.349 e. The maximum atomic E-state index is 14.1. The van der Waals surface area contributed by atoms with E-state index in [1.165, 1.54) is 0 Å². The second kappa shape index (κ2) is 6.05. The average molecular weight is 300 g/mol. The molecule has 1 aliphatic rings. The lowest BCUT2D eigenvalue weighted by atomic mass is 9.93. The van der Waals surface area contributed by atoms with Crippen molar-refractivity contribution in [3.05, 3.63) is 35.6 Å². The van der Waals surface area contributed by atoms with Crippen molar-refractivity contribution in [2.75, 3.05) is 20.1 Å². The highest BCUT2D eigenvalue weighted by Crippen LogP contribution is 2.29. The van der Waals surface area contributed by atoms with E-state index in [0.717, 1.165) is 37.4 Å². The van der Waals surface area contributed by atoms with Crippen molar-refractivity contribution in [1.29, 1.82) is 0 Å². The fraction of sp³-hybridized carbons (Fsp3) is 0.533. The molecule has 1 fully saturated rings. The van der Waals surface area contributed by atoms with Crippen LogP contribution in [0.3, 0.4) is 0 Å². The van der Waals surface area contributed by atoms with Crippen LogP contribution < -0.4 is 5.32 Å². The molecule has 1 N–H and O–H groups in total. The van der Waals surface area contributed by atoms with E-state index in [2.05, 4.69) is 10.2 Å². The molecule has 0 unspecified atom stereocenters. The molecule has 0 aliphatic carbocycles. The first-order chi connectivity index (χ1) is 9.80. The van der Waals surface area contributed by atoms with Crippen LogP contribution in [0, 0.1) is 11.7 Å². The third kappa shape index (κ3) is 3.56. The molecule has 1 amide bonds. The number of likely N-dealkylation sites (tertiary alicyclic amines) is 1. The van der Waals surface area contributed by atoms with Crippen molar-refractivity contribution in [1.82, 2.24) is 10.2 Å². The van der Waals surface area contributed by atoms with Crippen molar-refractivity contribution in [2.24, 2.45) is 5.92 Å². The maximum absolute atomic E-state index is 14.1. The number of halogens is 3. The van der Waals surface area contributed by atoms with E-state index in [0.29, 0.717) is 6.42 Å². The minimum Gasteiger partial charge on any atom is -0.347 e. The third-order valence-electron chi connectivity index (χ3n) is 3.92. The first-order valence-electron chi connectivity index (χ1n) is 6.94. The zero-order chi connectivity index (χ0) is 15.6. The summed E-state index contributed by atoms with van der Waals surface area (Å²) in [5, 5.41) is 2.43. The van der Waals surface area contributed by atoms with Crippen molar-refractivity contribution >= 4 is 5.91 Å². The molecule has 116 valence electrons. The lowest BCUT2D eigenvalue weighted by Gasteiger charge is -2.35. The summed E-state index contributed by atoms with van der Waals surface area (Å²) >= 11 is 0. The standard InChI is InChI=1S/C15H19F3N2O/c1-10-9-20(2)8-7-13(10)19-14(21)15(17,18)11-3-5-12(16)6-4-11/h3-6,10,13H,7-9H2,1-2H3,(H,19,21)/t10-,13+/m1/s1. The normalized spacial score (nSPS) is 23.9. The number of amides is 1. The molecule has 1 saturated heterocycles. The maximum Gasteiger partial charge on any atom is 0.349 e. The topological polar surface area (TPSA) is 32.3 Å². The Bertz CT molecular complexity index is 504. The molecule has 3 nitrogen and oxygen atoms in total. The Kier molecular flexibility index (Phi) is 4.56. The van der Waals surface area contributed by atoms with Gasteiger partial charge in [-0.25, -0.2) is 4.39 Å². The number of nitrogens with one attached hydrogen (secondary N) is 1. The number of nitrogens with zero attached hydrogens (tertiary/aromatic N) is 1. The summed E-state index contributed by atoms with van der Waals surface area (Å²) in [4.78, 5) is 14.0. The summed E-state index contributed by atoms with van der Waals surface area (Å²) in [7, 11) is 1.96. The summed E-state index contributed by atoms with van der Waals surface area (Å²) in [5.41, 5.74) is -0.498. The summed E-state index contributed by atoms with van der Waals surface area (Å²) < 4.78 is 41.0. The lowest BCUT2D eigenvalue weighted by Crippen LogP contribution is -2.52. The van der Waals surface area contributed by atoms with E-state index >= 15 is 0 Å². The van der Waals surface area contributed by atoms with Gasteiger partial charge in [-0.05, 0) is 50.2 Å². The summed E-state index contributed by atoms with van der Waals surface area (Å²) in [6.07, 6.45) is 0.642. The zero-order valence-electron chi connectivity index (χ0n) is 12.1. The monoisotopic (exact) mass is 300 g/mol. The van der Waals surface area contributed by atoms with Gasteiger partial charge in [-0.15, -0.1) is 0 Å². The van der Waals surface area contributed by atoms with E-state index in [9.17, 15) is 18.0 Å². The molecular weight excluding hydrogens is 281 g/mol. The molecule has 2 atom stereocenters. The number of benzene rings is 1. The van der Waals surface area contributed by atoms with E-state index in [-0.39, 0.29) is 12.0 Å². The number of rotatable bonds is 3. The van der Waals surface area contributed by atoms with Gasteiger partial charge in [0, 0.05) is 18.2 Å². The van der Waals surface area contributed by atoms with Gasteiger partial charge in [-0.3, -0.25) is 4.79 Å². The fourth-order valence-corrected chi connectivity index (χ4v) is 2.62. The quantitative estimate of drug-likeness (QED) is 0.929. The molecular formula is C15H19F3N2O. The Morgan fingerprint density at radius 2 is 1.95 bits per heavy atom. The first-order valence-corrected chi connectivity index (χ1v) is 6.94. The average Bonchev–Trinajstić information content (AvgIpc) is 2.42. The third-order valence-corrected chi connectivity index (χ3v) is 3.92. The van der Waals surface area contributed by atoms with Crippen molar-refractivity contribution in [2.45, 2.75) is 25.3 Å². The van der Waals surface area contributed by atoms with Gasteiger partial charge in [0.15, 0.2) is 0 Å². The molecule has 1 heterocycles. The van der Waals surface area contributed by atoms with Crippen LogP contribution in [0.15, 0.2) is 24.3 Å². The lowest BCUT2D eigenvalue weighted by molar-refractivity contribution is -0.148. The second-order valence-electron chi connectivity index (χ2n) is 5.69. The van der Waals surface area contributed by atoms with Gasteiger partial charge in [0.25, 0.3) is 5.91 Å². The summed E-state index contributed by atoms with van der Waals surface area (Å²) in [6, 6.07) is 3.46. The predicted octanol–water partition coefficient (Wildman–Crippen LogP) is 2.37. The molecule has 1 aromatic carbocycles. The highest BCUT2D eigenvalue weighted by Gasteiger charge is 2.42. The first kappa shape index (κ1) is 15.8. The van der Waals surface area contributed by atoms with Gasteiger partial charge in [0.1, 0.15) is 5.82 Å². The number of carbonyl (C=O) groups excluding carboxylic acids is 1. The highest BCUT2D eigenvalue weighted by atomic mass is 19.3. The van der Waals surface area contributed by atoms with Gasteiger partial charge in [-0.2, -0.15) is 8.78 Å². The fourth-order valence-electron chi connectivity index (χ4n) is 2.62. The van der Waals surface area contributed by atoms with E-state index < -0.39 is 23.2 Å². The Morgan fingerprint density at radius 1 is 1.33 bits per heavy atom. The zero-order valence-corrected chi connectivity index (χ0v) is 12.1. The molecule has 0 bridgehead atoms. The summed E-state index contributed by atoms with van der Waals surface area (Å²) in [6.45, 7) is 3.45.